The number of nitrogen functional groups attached to an aromatic ring is 1. The first kappa shape index (κ1) is 15.3. The molecule has 0 fully saturated rings. The van der Waals surface area contributed by atoms with E-state index in [-0.39, 0.29) is 17.5 Å². The summed E-state index contributed by atoms with van der Waals surface area (Å²) in [6.07, 6.45) is 0. The zero-order valence-corrected chi connectivity index (χ0v) is 12.6. The number of aryl methyl sites for hydroxylation is 2. The molecule has 0 aliphatic rings. The van der Waals surface area contributed by atoms with Gasteiger partial charge in [0.25, 0.3) is 0 Å². The molecule has 2 aromatic carbocycles. The molecular weight excluding hydrogens is 291 g/mol. The van der Waals surface area contributed by atoms with Crippen LogP contribution in [0.5, 0.6) is 5.75 Å². The van der Waals surface area contributed by atoms with Gasteiger partial charge in [-0.05, 0) is 54.8 Å². The second-order valence-electron chi connectivity index (χ2n) is 4.89. The lowest BCUT2D eigenvalue weighted by Gasteiger charge is -2.14. The molecule has 110 valence electrons. The van der Waals surface area contributed by atoms with Crippen molar-refractivity contribution in [1.82, 2.24) is 0 Å². The van der Waals surface area contributed by atoms with E-state index in [1.54, 1.807) is 18.2 Å². The van der Waals surface area contributed by atoms with E-state index in [9.17, 15) is 4.39 Å². The van der Waals surface area contributed by atoms with E-state index in [0.29, 0.717) is 11.1 Å². The van der Waals surface area contributed by atoms with Gasteiger partial charge in [-0.2, -0.15) is 0 Å². The van der Waals surface area contributed by atoms with Crippen LogP contribution in [-0.4, -0.2) is 5.84 Å². The van der Waals surface area contributed by atoms with Crippen LogP contribution in [0.25, 0.3) is 0 Å². The second kappa shape index (κ2) is 6.14. The quantitative estimate of drug-likeness (QED) is 0.663. The fourth-order valence-corrected chi connectivity index (χ4v) is 2.24. The Bertz CT molecular complexity index is 678. The van der Waals surface area contributed by atoms with E-state index in [1.807, 2.05) is 13.8 Å². The van der Waals surface area contributed by atoms with Gasteiger partial charge in [0.05, 0.1) is 5.02 Å². The highest BCUT2D eigenvalue weighted by molar-refractivity contribution is 6.30. The van der Waals surface area contributed by atoms with Gasteiger partial charge in [-0.1, -0.05) is 17.7 Å². The number of amidine groups is 1. The summed E-state index contributed by atoms with van der Waals surface area (Å²) in [4.78, 5) is 0. The number of halogens is 2. The summed E-state index contributed by atoms with van der Waals surface area (Å²) < 4.78 is 19.1. The molecule has 3 N–H and O–H groups in total. The molecule has 2 rings (SSSR count). The van der Waals surface area contributed by atoms with Crippen molar-refractivity contribution in [2.24, 2.45) is 5.73 Å². The number of nitrogens with one attached hydrogen (secondary N) is 1. The van der Waals surface area contributed by atoms with Crippen LogP contribution in [0.3, 0.4) is 0 Å². The minimum absolute atomic E-state index is 0.0209. The van der Waals surface area contributed by atoms with Crippen molar-refractivity contribution in [3.63, 3.8) is 0 Å². The molecular formula is C16H16ClFN2O. The van der Waals surface area contributed by atoms with Crippen molar-refractivity contribution in [3.05, 3.63) is 63.4 Å². The Morgan fingerprint density at radius 1 is 1.24 bits per heavy atom. The summed E-state index contributed by atoms with van der Waals surface area (Å²) in [6.45, 7) is 4.02. The van der Waals surface area contributed by atoms with Gasteiger partial charge in [0.15, 0.2) is 0 Å². The molecule has 0 heterocycles. The average molecular weight is 307 g/mol. The fraction of sp³-hybridized carbons (Fsp3) is 0.188. The Hall–Kier alpha value is -2.07. The molecule has 0 spiro atoms. The molecule has 0 unspecified atom stereocenters. The maximum absolute atomic E-state index is 13.4. The first-order valence-electron chi connectivity index (χ1n) is 6.41. The van der Waals surface area contributed by atoms with Gasteiger partial charge >= 0.3 is 0 Å². The lowest BCUT2D eigenvalue weighted by molar-refractivity contribution is 0.301. The molecule has 0 aromatic heterocycles. The van der Waals surface area contributed by atoms with Gasteiger partial charge in [-0.15, -0.1) is 0 Å². The zero-order valence-electron chi connectivity index (χ0n) is 11.8. The predicted molar refractivity (Wildman–Crippen MR) is 82.7 cm³/mol. The molecule has 0 amide bonds. The first-order valence-corrected chi connectivity index (χ1v) is 6.78. The lowest BCUT2D eigenvalue weighted by Crippen LogP contribution is -2.12. The number of hydrogen-bond acceptors (Lipinski definition) is 2. The molecule has 0 radical (unpaired) electrons. The maximum atomic E-state index is 13.4. The number of hydrogen-bond donors (Lipinski definition) is 2. The lowest BCUT2D eigenvalue weighted by atomic mass is 10.1. The Morgan fingerprint density at radius 2 is 1.86 bits per heavy atom. The van der Waals surface area contributed by atoms with E-state index in [2.05, 4.69) is 0 Å². The summed E-state index contributed by atoms with van der Waals surface area (Å²) in [5.41, 5.74) is 8.62. The maximum Gasteiger partial charge on any atom is 0.142 e. The van der Waals surface area contributed by atoms with Crippen molar-refractivity contribution in [2.45, 2.75) is 20.5 Å². The predicted octanol–water partition coefficient (Wildman–Crippen LogP) is 3.96. The van der Waals surface area contributed by atoms with Crippen LogP contribution in [0, 0.1) is 25.1 Å². The standard InChI is InChI=1S/C16H16ClFN2O/c1-9-5-12(16(19)20)6-10(2)15(9)21-8-11-3-4-13(17)14(18)7-11/h3-7H,8H2,1-2H3,(H3,19,20). The van der Waals surface area contributed by atoms with E-state index >= 15 is 0 Å². The van der Waals surface area contributed by atoms with Crippen molar-refractivity contribution in [1.29, 1.82) is 5.41 Å². The van der Waals surface area contributed by atoms with Crippen LogP contribution < -0.4 is 10.5 Å². The number of ether oxygens (including phenoxy) is 1. The van der Waals surface area contributed by atoms with Crippen molar-refractivity contribution >= 4 is 17.4 Å². The highest BCUT2D eigenvalue weighted by atomic mass is 35.5. The molecule has 0 aliphatic heterocycles. The molecule has 0 saturated heterocycles. The zero-order chi connectivity index (χ0) is 15.6. The summed E-state index contributed by atoms with van der Waals surface area (Å²) in [7, 11) is 0. The van der Waals surface area contributed by atoms with Crippen LogP contribution in [0.4, 0.5) is 4.39 Å². The van der Waals surface area contributed by atoms with Gasteiger partial charge in [0.1, 0.15) is 24.0 Å². The normalized spacial score (nSPS) is 10.5. The van der Waals surface area contributed by atoms with Gasteiger partial charge in [-0.3, -0.25) is 5.41 Å². The van der Waals surface area contributed by atoms with Gasteiger partial charge in [0, 0.05) is 5.56 Å². The highest BCUT2D eigenvalue weighted by Crippen LogP contribution is 2.26. The van der Waals surface area contributed by atoms with Crippen molar-refractivity contribution in [3.8, 4) is 5.75 Å². The van der Waals surface area contributed by atoms with Crippen LogP contribution in [0.1, 0.15) is 22.3 Å². The van der Waals surface area contributed by atoms with Gasteiger partial charge in [0.2, 0.25) is 0 Å². The molecule has 3 nitrogen and oxygen atoms in total. The van der Waals surface area contributed by atoms with Crippen LogP contribution in [0.15, 0.2) is 30.3 Å². The summed E-state index contributed by atoms with van der Waals surface area (Å²) in [5, 5.41) is 7.56. The summed E-state index contributed by atoms with van der Waals surface area (Å²) >= 11 is 5.65. The smallest absolute Gasteiger partial charge is 0.142 e. The Labute approximate surface area is 128 Å². The van der Waals surface area contributed by atoms with Crippen molar-refractivity contribution in [2.75, 3.05) is 0 Å². The highest BCUT2D eigenvalue weighted by Gasteiger charge is 2.09. The molecule has 5 heteroatoms. The van der Waals surface area contributed by atoms with Crippen LogP contribution in [0.2, 0.25) is 5.02 Å². The summed E-state index contributed by atoms with van der Waals surface area (Å²) in [5.74, 6) is 0.279. The molecule has 0 aliphatic carbocycles. The number of benzene rings is 2. The third-order valence-corrected chi connectivity index (χ3v) is 3.45. The Kier molecular flexibility index (Phi) is 4.48. The Balaban J connectivity index is 2.20. The van der Waals surface area contributed by atoms with E-state index < -0.39 is 5.82 Å². The number of rotatable bonds is 4. The van der Waals surface area contributed by atoms with Crippen molar-refractivity contribution < 1.29 is 9.13 Å². The molecule has 0 bridgehead atoms. The Morgan fingerprint density at radius 3 is 2.38 bits per heavy atom. The average Bonchev–Trinajstić information content (AvgIpc) is 2.41. The van der Waals surface area contributed by atoms with E-state index in [1.165, 1.54) is 12.1 Å². The van der Waals surface area contributed by atoms with Gasteiger partial charge in [-0.25, -0.2) is 4.39 Å². The topological polar surface area (TPSA) is 59.1 Å². The molecule has 0 atom stereocenters. The SMILES string of the molecule is Cc1cc(C(=N)N)cc(C)c1OCc1ccc(Cl)c(F)c1. The molecule has 2 aromatic rings. The first-order chi connectivity index (χ1) is 9.88. The van der Waals surface area contributed by atoms with Crippen LogP contribution >= 0.6 is 11.6 Å². The summed E-state index contributed by atoms with van der Waals surface area (Å²) in [6, 6.07) is 8.19. The van der Waals surface area contributed by atoms with Crippen LogP contribution in [-0.2, 0) is 6.61 Å². The fourth-order valence-electron chi connectivity index (χ4n) is 2.12. The van der Waals surface area contributed by atoms with E-state index in [4.69, 9.17) is 27.5 Å². The molecule has 0 saturated carbocycles. The van der Waals surface area contributed by atoms with E-state index in [0.717, 1.165) is 16.9 Å². The second-order valence-corrected chi connectivity index (χ2v) is 5.30. The monoisotopic (exact) mass is 306 g/mol. The minimum Gasteiger partial charge on any atom is -0.488 e. The number of nitrogens with two attached hydrogens (primary N) is 1. The largest absolute Gasteiger partial charge is 0.488 e. The molecule has 21 heavy (non-hydrogen) atoms. The minimum atomic E-state index is -0.460. The third kappa shape index (κ3) is 3.52. The van der Waals surface area contributed by atoms with Gasteiger partial charge < -0.3 is 10.5 Å². The third-order valence-electron chi connectivity index (χ3n) is 3.14.